The van der Waals surface area contributed by atoms with Gasteiger partial charge in [0, 0.05) is 6.42 Å². The monoisotopic (exact) mass is 200 g/mol. The van der Waals surface area contributed by atoms with Crippen LogP contribution < -0.4 is 0 Å². The summed E-state index contributed by atoms with van der Waals surface area (Å²) in [6.45, 7) is 8.64. The van der Waals surface area contributed by atoms with Crippen LogP contribution in [0.25, 0.3) is 0 Å². The Balaban J connectivity index is 4.29. The van der Waals surface area contributed by atoms with Crippen LogP contribution in [-0.4, -0.2) is 11.1 Å². The molecular weight excluding hydrogens is 176 g/mol. The van der Waals surface area contributed by atoms with Crippen molar-refractivity contribution in [2.45, 2.75) is 59.8 Å². The molecule has 2 heteroatoms. The highest BCUT2D eigenvalue weighted by Crippen LogP contribution is 2.36. The molecule has 0 aromatic carbocycles. The minimum atomic E-state index is -0.660. The van der Waals surface area contributed by atoms with Crippen LogP contribution in [0.3, 0.4) is 0 Å². The summed E-state index contributed by atoms with van der Waals surface area (Å²) >= 11 is 0. The van der Waals surface area contributed by atoms with E-state index in [1.165, 1.54) is 0 Å². The third-order valence-electron chi connectivity index (χ3n) is 3.34. The number of hydrogen-bond donors (Lipinski definition) is 1. The summed E-state index contributed by atoms with van der Waals surface area (Å²) < 4.78 is 0. The highest BCUT2D eigenvalue weighted by molar-refractivity contribution is 5.67. The van der Waals surface area contributed by atoms with E-state index in [1.54, 1.807) is 0 Å². The minimum Gasteiger partial charge on any atom is -0.481 e. The van der Waals surface area contributed by atoms with Gasteiger partial charge in [0.15, 0.2) is 0 Å². The van der Waals surface area contributed by atoms with Gasteiger partial charge < -0.3 is 5.11 Å². The van der Waals surface area contributed by atoms with E-state index in [4.69, 9.17) is 5.11 Å². The number of carbonyl (C=O) groups is 1. The van der Waals surface area contributed by atoms with Gasteiger partial charge in [-0.2, -0.15) is 0 Å². The summed E-state index contributed by atoms with van der Waals surface area (Å²) in [6.07, 6.45) is 4.70. The van der Waals surface area contributed by atoms with Crippen molar-refractivity contribution in [2.24, 2.45) is 11.3 Å². The van der Waals surface area contributed by atoms with Crippen LogP contribution in [0.4, 0.5) is 0 Å². The van der Waals surface area contributed by atoms with Crippen molar-refractivity contribution >= 4 is 5.97 Å². The van der Waals surface area contributed by atoms with E-state index < -0.39 is 5.97 Å². The van der Waals surface area contributed by atoms with Gasteiger partial charge in [0.25, 0.3) is 0 Å². The molecule has 14 heavy (non-hydrogen) atoms. The lowest BCUT2D eigenvalue weighted by Gasteiger charge is -2.32. The molecule has 2 nitrogen and oxygen atoms in total. The lowest BCUT2D eigenvalue weighted by Crippen LogP contribution is -2.25. The summed E-state index contributed by atoms with van der Waals surface area (Å²) in [5.74, 6) is -0.336. The summed E-state index contributed by atoms with van der Waals surface area (Å²) in [6, 6.07) is 0. The fourth-order valence-electron chi connectivity index (χ4n) is 1.72. The molecule has 0 aromatic heterocycles. The molecule has 0 radical (unpaired) electrons. The van der Waals surface area contributed by atoms with Crippen molar-refractivity contribution in [3.05, 3.63) is 0 Å². The van der Waals surface area contributed by atoms with Crippen LogP contribution >= 0.6 is 0 Å². The van der Waals surface area contributed by atoms with Crippen molar-refractivity contribution in [3.63, 3.8) is 0 Å². The average molecular weight is 200 g/mol. The van der Waals surface area contributed by atoms with Crippen LogP contribution in [0.5, 0.6) is 0 Å². The zero-order valence-electron chi connectivity index (χ0n) is 9.97. The molecular formula is C12H24O2. The molecule has 0 unspecified atom stereocenters. The second kappa shape index (κ2) is 6.05. The van der Waals surface area contributed by atoms with Gasteiger partial charge >= 0.3 is 5.97 Å². The predicted molar refractivity (Wildman–Crippen MR) is 59.3 cm³/mol. The number of hydrogen-bond acceptors (Lipinski definition) is 1. The van der Waals surface area contributed by atoms with Crippen LogP contribution in [-0.2, 0) is 4.79 Å². The first-order chi connectivity index (χ1) is 6.44. The van der Waals surface area contributed by atoms with Gasteiger partial charge in [-0.05, 0) is 17.8 Å². The van der Waals surface area contributed by atoms with E-state index in [9.17, 15) is 4.79 Å². The number of carboxylic acid groups (broad SMARTS) is 1. The molecule has 84 valence electrons. The molecule has 1 atom stereocenters. The molecule has 0 fully saturated rings. The normalized spacial score (nSPS) is 14.0. The molecule has 0 aromatic rings. The van der Waals surface area contributed by atoms with Crippen molar-refractivity contribution in [1.82, 2.24) is 0 Å². The van der Waals surface area contributed by atoms with E-state index >= 15 is 0 Å². The van der Waals surface area contributed by atoms with Gasteiger partial charge in [-0.3, -0.25) is 4.79 Å². The zero-order chi connectivity index (χ0) is 11.2. The Morgan fingerprint density at radius 1 is 1.36 bits per heavy atom. The van der Waals surface area contributed by atoms with E-state index in [0.717, 1.165) is 25.7 Å². The molecule has 0 aliphatic rings. The number of carboxylic acids is 1. The van der Waals surface area contributed by atoms with Crippen molar-refractivity contribution < 1.29 is 9.90 Å². The van der Waals surface area contributed by atoms with E-state index in [1.807, 2.05) is 0 Å². The molecule has 1 N–H and O–H groups in total. The van der Waals surface area contributed by atoms with E-state index in [-0.39, 0.29) is 5.41 Å². The van der Waals surface area contributed by atoms with Gasteiger partial charge in [0.2, 0.25) is 0 Å². The summed E-state index contributed by atoms with van der Waals surface area (Å²) in [5, 5.41) is 8.84. The van der Waals surface area contributed by atoms with Crippen LogP contribution in [0.15, 0.2) is 0 Å². The Bertz CT molecular complexity index is 173. The molecule has 0 aliphatic carbocycles. The Morgan fingerprint density at radius 2 is 1.93 bits per heavy atom. The summed E-state index contributed by atoms with van der Waals surface area (Å²) in [4.78, 5) is 10.7. The van der Waals surface area contributed by atoms with Gasteiger partial charge in [0.1, 0.15) is 0 Å². The van der Waals surface area contributed by atoms with E-state index in [0.29, 0.717) is 12.3 Å². The molecule has 0 spiro atoms. The Morgan fingerprint density at radius 3 is 2.29 bits per heavy atom. The maximum Gasteiger partial charge on any atom is 0.303 e. The van der Waals surface area contributed by atoms with Crippen LogP contribution in [0.1, 0.15) is 59.8 Å². The molecule has 0 amide bonds. The fourth-order valence-corrected chi connectivity index (χ4v) is 1.72. The third-order valence-corrected chi connectivity index (χ3v) is 3.34. The van der Waals surface area contributed by atoms with Gasteiger partial charge in [-0.25, -0.2) is 0 Å². The third kappa shape index (κ3) is 4.64. The van der Waals surface area contributed by atoms with Crippen molar-refractivity contribution in [1.29, 1.82) is 0 Å². The van der Waals surface area contributed by atoms with Gasteiger partial charge in [0.05, 0.1) is 0 Å². The topological polar surface area (TPSA) is 37.3 Å². The zero-order valence-corrected chi connectivity index (χ0v) is 9.97. The van der Waals surface area contributed by atoms with Crippen LogP contribution in [0, 0.1) is 11.3 Å². The van der Waals surface area contributed by atoms with Crippen molar-refractivity contribution in [3.8, 4) is 0 Å². The predicted octanol–water partition coefficient (Wildman–Crippen LogP) is 3.70. The second-order valence-corrected chi connectivity index (χ2v) is 4.78. The fraction of sp³-hybridized carbons (Fsp3) is 0.917. The van der Waals surface area contributed by atoms with Gasteiger partial charge in [-0.15, -0.1) is 0 Å². The first kappa shape index (κ1) is 13.5. The Labute approximate surface area is 87.7 Å². The molecule has 0 saturated heterocycles. The SMILES string of the molecule is CCCC[C@@H](CC(=O)O)C(C)(C)CC. The summed E-state index contributed by atoms with van der Waals surface area (Å²) in [7, 11) is 0. The van der Waals surface area contributed by atoms with Crippen molar-refractivity contribution in [2.75, 3.05) is 0 Å². The maximum atomic E-state index is 10.7. The van der Waals surface area contributed by atoms with Gasteiger partial charge in [-0.1, -0.05) is 47.0 Å². The highest BCUT2D eigenvalue weighted by atomic mass is 16.4. The molecule has 0 bridgehead atoms. The van der Waals surface area contributed by atoms with Crippen LogP contribution in [0.2, 0.25) is 0 Å². The first-order valence-electron chi connectivity index (χ1n) is 5.65. The first-order valence-corrected chi connectivity index (χ1v) is 5.65. The average Bonchev–Trinajstić information content (AvgIpc) is 2.11. The number of unbranched alkanes of at least 4 members (excludes halogenated alkanes) is 1. The second-order valence-electron chi connectivity index (χ2n) is 4.78. The number of aliphatic carboxylic acids is 1. The van der Waals surface area contributed by atoms with E-state index in [2.05, 4.69) is 27.7 Å². The standard InChI is InChI=1S/C12H24O2/c1-5-7-8-10(9-11(13)14)12(3,4)6-2/h10H,5-9H2,1-4H3,(H,13,14)/t10-/m0/s1. The molecule has 0 saturated carbocycles. The smallest absolute Gasteiger partial charge is 0.303 e. The lowest BCUT2D eigenvalue weighted by atomic mass is 9.73. The summed E-state index contributed by atoms with van der Waals surface area (Å²) in [5.41, 5.74) is 0.160. The number of rotatable bonds is 7. The largest absolute Gasteiger partial charge is 0.481 e. The maximum absolute atomic E-state index is 10.7. The molecule has 0 aliphatic heterocycles. The highest BCUT2D eigenvalue weighted by Gasteiger charge is 2.28. The lowest BCUT2D eigenvalue weighted by molar-refractivity contribution is -0.139. The molecule has 0 rings (SSSR count). The quantitative estimate of drug-likeness (QED) is 0.680. The Hall–Kier alpha value is -0.530. The minimum absolute atomic E-state index is 0.160. The Kier molecular flexibility index (Phi) is 5.82. The molecule has 0 heterocycles.